The molecule has 0 radical (unpaired) electrons. The van der Waals surface area contributed by atoms with Gasteiger partial charge in [0.15, 0.2) is 0 Å². The first-order chi connectivity index (χ1) is 9.02. The van der Waals surface area contributed by atoms with Crippen LogP contribution in [0.5, 0.6) is 0 Å². The second kappa shape index (κ2) is 6.26. The summed E-state index contributed by atoms with van der Waals surface area (Å²) in [6.07, 6.45) is 0. The molecule has 2 aromatic rings. The molecule has 0 saturated carbocycles. The third kappa shape index (κ3) is 3.31. The summed E-state index contributed by atoms with van der Waals surface area (Å²) in [5.74, 6) is 0.755. The molecule has 0 spiro atoms. The molecule has 1 aromatic carbocycles. The van der Waals surface area contributed by atoms with E-state index in [1.807, 2.05) is 25.1 Å². The second-order valence-corrected chi connectivity index (χ2v) is 6.17. The summed E-state index contributed by atoms with van der Waals surface area (Å²) >= 11 is 12.2. The number of H-pyrrole nitrogens is 1. The minimum atomic E-state index is 0.454. The highest BCUT2D eigenvalue weighted by molar-refractivity contribution is 9.10. The van der Waals surface area contributed by atoms with Crippen LogP contribution in [0.1, 0.15) is 11.3 Å². The van der Waals surface area contributed by atoms with Crippen LogP contribution < -0.4 is 0 Å². The molecular formula is C13H12Br2N2OS. The van der Waals surface area contributed by atoms with Crippen molar-refractivity contribution in [2.24, 2.45) is 0 Å². The lowest BCUT2D eigenvalue weighted by Gasteiger charge is -2.10. The molecule has 0 aliphatic rings. The van der Waals surface area contributed by atoms with E-state index in [4.69, 9.17) is 17.0 Å². The lowest BCUT2D eigenvalue weighted by atomic mass is 10.1. The Hall–Kier alpha value is -0.560. The average Bonchev–Trinajstić information content (AvgIpc) is 2.35. The number of aromatic nitrogens is 2. The molecule has 1 aromatic heterocycles. The van der Waals surface area contributed by atoms with Crippen LogP contribution in [0, 0.1) is 11.6 Å². The van der Waals surface area contributed by atoms with E-state index in [9.17, 15) is 0 Å². The van der Waals surface area contributed by atoms with Crippen LogP contribution >= 0.6 is 44.1 Å². The first-order valence-corrected chi connectivity index (χ1v) is 7.56. The Morgan fingerprint density at radius 2 is 2.11 bits per heavy atom. The van der Waals surface area contributed by atoms with Gasteiger partial charge in [-0.2, -0.15) is 0 Å². The SMILES string of the molecule is COCc1[nH]c(-c2ccc(Br)cc2C)nc(=S)c1Br. The molecule has 6 heteroatoms. The summed E-state index contributed by atoms with van der Waals surface area (Å²) < 4.78 is 7.52. The quantitative estimate of drug-likeness (QED) is 0.749. The Morgan fingerprint density at radius 1 is 1.37 bits per heavy atom. The van der Waals surface area contributed by atoms with Crippen molar-refractivity contribution in [3.8, 4) is 11.4 Å². The monoisotopic (exact) mass is 402 g/mol. The molecule has 0 saturated heterocycles. The summed E-state index contributed by atoms with van der Waals surface area (Å²) in [5.41, 5.74) is 3.04. The number of halogens is 2. The van der Waals surface area contributed by atoms with Crippen molar-refractivity contribution in [1.82, 2.24) is 9.97 Å². The Morgan fingerprint density at radius 3 is 2.74 bits per heavy atom. The van der Waals surface area contributed by atoms with Gasteiger partial charge >= 0.3 is 0 Å². The number of ether oxygens (including phenoxy) is 1. The topological polar surface area (TPSA) is 37.9 Å². The molecule has 3 nitrogen and oxygen atoms in total. The van der Waals surface area contributed by atoms with Gasteiger partial charge in [-0.3, -0.25) is 0 Å². The van der Waals surface area contributed by atoms with E-state index in [0.717, 1.165) is 31.6 Å². The van der Waals surface area contributed by atoms with Gasteiger partial charge in [0, 0.05) is 17.1 Å². The first-order valence-electron chi connectivity index (χ1n) is 5.57. The molecule has 19 heavy (non-hydrogen) atoms. The van der Waals surface area contributed by atoms with Crippen molar-refractivity contribution in [1.29, 1.82) is 0 Å². The highest BCUT2D eigenvalue weighted by Gasteiger charge is 2.10. The van der Waals surface area contributed by atoms with Crippen molar-refractivity contribution >= 4 is 44.1 Å². The maximum absolute atomic E-state index is 5.27. The molecule has 1 heterocycles. The van der Waals surface area contributed by atoms with Gasteiger partial charge in [0.1, 0.15) is 10.5 Å². The predicted molar refractivity (Wildman–Crippen MR) is 85.7 cm³/mol. The minimum absolute atomic E-state index is 0.454. The minimum Gasteiger partial charge on any atom is -0.378 e. The van der Waals surface area contributed by atoms with Gasteiger partial charge < -0.3 is 9.72 Å². The Balaban J connectivity index is 2.59. The van der Waals surface area contributed by atoms with Crippen LogP contribution in [0.3, 0.4) is 0 Å². The van der Waals surface area contributed by atoms with Crippen molar-refractivity contribution in [2.75, 3.05) is 7.11 Å². The number of methoxy groups -OCH3 is 1. The normalized spacial score (nSPS) is 10.7. The van der Waals surface area contributed by atoms with Crippen LogP contribution in [0.25, 0.3) is 11.4 Å². The third-order valence-corrected chi connectivity index (χ3v) is 4.57. The van der Waals surface area contributed by atoms with Crippen LogP contribution in [-0.2, 0) is 11.3 Å². The van der Waals surface area contributed by atoms with Gasteiger partial charge in [0.05, 0.1) is 16.8 Å². The number of benzene rings is 1. The number of rotatable bonds is 3. The molecule has 2 rings (SSSR count). The standard InChI is InChI=1S/C13H12Br2N2OS/c1-7-5-8(14)3-4-9(7)12-16-10(6-18-2)11(15)13(19)17-12/h3-5H,6H2,1-2H3,(H,16,17,19). The van der Waals surface area contributed by atoms with E-state index in [2.05, 4.69) is 41.8 Å². The summed E-state index contributed by atoms with van der Waals surface area (Å²) in [6.45, 7) is 2.49. The zero-order valence-electron chi connectivity index (χ0n) is 10.5. The van der Waals surface area contributed by atoms with Crippen LogP contribution in [0.15, 0.2) is 27.1 Å². The van der Waals surface area contributed by atoms with E-state index >= 15 is 0 Å². The first kappa shape index (κ1) is 14.8. The molecule has 0 bridgehead atoms. The van der Waals surface area contributed by atoms with Gasteiger partial charge in [-0.15, -0.1) is 0 Å². The fourth-order valence-corrected chi connectivity index (χ4v) is 2.76. The van der Waals surface area contributed by atoms with Crippen molar-refractivity contribution < 1.29 is 4.74 Å². The van der Waals surface area contributed by atoms with Gasteiger partial charge in [0.2, 0.25) is 0 Å². The Bertz CT molecular complexity index is 670. The number of nitrogens with one attached hydrogen (secondary N) is 1. The maximum Gasteiger partial charge on any atom is 0.144 e. The molecule has 0 unspecified atom stereocenters. The summed E-state index contributed by atoms with van der Waals surface area (Å²) in [7, 11) is 1.65. The van der Waals surface area contributed by atoms with Crippen molar-refractivity contribution in [3.63, 3.8) is 0 Å². The molecule has 0 fully saturated rings. The van der Waals surface area contributed by atoms with E-state index < -0.39 is 0 Å². The maximum atomic E-state index is 5.27. The van der Waals surface area contributed by atoms with E-state index in [-0.39, 0.29) is 0 Å². The highest BCUT2D eigenvalue weighted by Crippen LogP contribution is 2.26. The highest BCUT2D eigenvalue weighted by atomic mass is 79.9. The number of aromatic amines is 1. The molecule has 100 valence electrons. The van der Waals surface area contributed by atoms with Crippen molar-refractivity contribution in [2.45, 2.75) is 13.5 Å². The lowest BCUT2D eigenvalue weighted by Crippen LogP contribution is -2.00. The number of nitrogens with zero attached hydrogens (tertiary/aromatic N) is 1. The zero-order chi connectivity index (χ0) is 14.0. The molecule has 0 aliphatic carbocycles. The molecule has 0 amide bonds. The summed E-state index contributed by atoms with van der Waals surface area (Å²) in [6, 6.07) is 6.04. The number of aryl methyl sites for hydroxylation is 1. The number of hydrogen-bond donors (Lipinski definition) is 1. The molecule has 0 aliphatic heterocycles. The van der Waals surface area contributed by atoms with Gasteiger partial charge in [-0.05, 0) is 46.6 Å². The average molecular weight is 404 g/mol. The smallest absolute Gasteiger partial charge is 0.144 e. The van der Waals surface area contributed by atoms with Crippen LogP contribution in [-0.4, -0.2) is 17.1 Å². The molecular weight excluding hydrogens is 392 g/mol. The zero-order valence-corrected chi connectivity index (χ0v) is 14.4. The Kier molecular flexibility index (Phi) is 4.89. The Labute approximate surface area is 133 Å². The fraction of sp³-hybridized carbons (Fsp3) is 0.231. The van der Waals surface area contributed by atoms with Crippen molar-refractivity contribution in [3.05, 3.63) is 43.0 Å². The largest absolute Gasteiger partial charge is 0.378 e. The van der Waals surface area contributed by atoms with E-state index in [1.165, 1.54) is 0 Å². The second-order valence-electron chi connectivity index (χ2n) is 4.08. The molecule has 1 N–H and O–H groups in total. The van der Waals surface area contributed by atoms with Gasteiger partial charge in [0.25, 0.3) is 0 Å². The predicted octanol–water partition coefficient (Wildman–Crippen LogP) is 4.79. The van der Waals surface area contributed by atoms with Gasteiger partial charge in [-0.1, -0.05) is 28.1 Å². The fourth-order valence-electron chi connectivity index (χ4n) is 1.77. The summed E-state index contributed by atoms with van der Waals surface area (Å²) in [4.78, 5) is 7.68. The third-order valence-electron chi connectivity index (χ3n) is 2.67. The number of hydrogen-bond acceptors (Lipinski definition) is 3. The van der Waals surface area contributed by atoms with E-state index in [1.54, 1.807) is 7.11 Å². The van der Waals surface area contributed by atoms with Crippen LogP contribution in [0.2, 0.25) is 0 Å². The molecule has 0 atom stereocenters. The van der Waals surface area contributed by atoms with Crippen LogP contribution in [0.4, 0.5) is 0 Å². The lowest BCUT2D eigenvalue weighted by molar-refractivity contribution is 0.181. The summed E-state index contributed by atoms with van der Waals surface area (Å²) in [5, 5.41) is 0. The van der Waals surface area contributed by atoms with Gasteiger partial charge in [-0.25, -0.2) is 4.98 Å². The van der Waals surface area contributed by atoms with E-state index in [0.29, 0.717) is 11.2 Å².